The summed E-state index contributed by atoms with van der Waals surface area (Å²) in [5.74, 6) is 9.15. The van der Waals surface area contributed by atoms with Crippen LogP contribution >= 0.6 is 11.8 Å². The number of rotatable bonds is 9. The molecule has 3 aromatic rings. The standard InChI is InChI=1S/C37H47NO3SSi/c1-9-37(10-2,33-13-14-34(28(4)22-33)31-23-29(25-38-26-31)24-35(39)40-5)32-12-11-30(27(3)21-32)15-16-36(41-43(6,7)8)17-19-42-20-18-36/h11-14,21-23,25-26H,9-10,17-20,24H2,1-8H3. The number of pyridine rings is 1. The fourth-order valence-electron chi connectivity index (χ4n) is 6.31. The average molecular weight is 614 g/mol. The van der Waals surface area contributed by atoms with Gasteiger partial charge in [0.2, 0.25) is 0 Å². The molecule has 0 atom stereocenters. The molecule has 0 radical (unpaired) electrons. The molecule has 0 unspecified atom stereocenters. The van der Waals surface area contributed by atoms with Gasteiger partial charge in [-0.25, -0.2) is 0 Å². The molecule has 0 saturated carbocycles. The molecule has 1 saturated heterocycles. The van der Waals surface area contributed by atoms with E-state index < -0.39 is 8.32 Å². The van der Waals surface area contributed by atoms with E-state index in [1.807, 2.05) is 24.0 Å². The molecule has 0 bridgehead atoms. The molecule has 2 aromatic carbocycles. The summed E-state index contributed by atoms with van der Waals surface area (Å²) in [5, 5.41) is 0. The Bertz CT molecular complexity index is 1500. The first kappa shape index (κ1) is 33.0. The van der Waals surface area contributed by atoms with Gasteiger partial charge in [-0.15, -0.1) is 0 Å². The van der Waals surface area contributed by atoms with Crippen molar-refractivity contribution < 1.29 is 14.0 Å². The van der Waals surface area contributed by atoms with Gasteiger partial charge in [0.25, 0.3) is 0 Å². The molecule has 4 rings (SSSR count). The van der Waals surface area contributed by atoms with E-state index in [2.05, 4.69) is 101 Å². The van der Waals surface area contributed by atoms with Gasteiger partial charge in [-0.05, 0) is 116 Å². The van der Waals surface area contributed by atoms with Crippen molar-refractivity contribution in [2.24, 2.45) is 0 Å². The maximum absolute atomic E-state index is 11.8. The summed E-state index contributed by atoms with van der Waals surface area (Å²) >= 11 is 2.01. The molecule has 0 amide bonds. The first-order valence-electron chi connectivity index (χ1n) is 15.5. The minimum Gasteiger partial charge on any atom is -0.469 e. The van der Waals surface area contributed by atoms with Gasteiger partial charge in [0.05, 0.1) is 13.5 Å². The lowest BCUT2D eigenvalue weighted by atomic mass is 9.69. The Kier molecular flexibility index (Phi) is 10.6. The molecule has 6 heteroatoms. The highest BCUT2D eigenvalue weighted by Gasteiger charge is 2.36. The Balaban J connectivity index is 1.66. The zero-order chi connectivity index (χ0) is 31.3. The number of benzene rings is 2. The Morgan fingerprint density at radius 3 is 2.21 bits per heavy atom. The van der Waals surface area contributed by atoms with Crippen LogP contribution in [-0.2, 0) is 25.8 Å². The second kappa shape index (κ2) is 13.8. The van der Waals surface area contributed by atoms with Gasteiger partial charge in [0.1, 0.15) is 5.60 Å². The first-order valence-corrected chi connectivity index (χ1v) is 20.0. The molecule has 2 heterocycles. The topological polar surface area (TPSA) is 48.4 Å². The highest BCUT2D eigenvalue weighted by Crippen LogP contribution is 2.41. The van der Waals surface area contributed by atoms with Crippen molar-refractivity contribution >= 4 is 26.0 Å². The maximum Gasteiger partial charge on any atom is 0.310 e. The van der Waals surface area contributed by atoms with Crippen molar-refractivity contribution in [1.29, 1.82) is 0 Å². The van der Waals surface area contributed by atoms with Crippen LogP contribution in [0.5, 0.6) is 0 Å². The Morgan fingerprint density at radius 1 is 0.977 bits per heavy atom. The van der Waals surface area contributed by atoms with E-state index in [9.17, 15) is 4.79 Å². The number of carbonyl (C=O) groups excluding carboxylic acids is 1. The van der Waals surface area contributed by atoms with Crippen LogP contribution in [-0.4, -0.2) is 43.5 Å². The first-order chi connectivity index (χ1) is 20.4. The number of aryl methyl sites for hydroxylation is 2. The number of ether oxygens (including phenoxy) is 1. The van der Waals surface area contributed by atoms with E-state index >= 15 is 0 Å². The third-order valence-electron chi connectivity index (χ3n) is 8.67. The predicted molar refractivity (Wildman–Crippen MR) is 183 cm³/mol. The van der Waals surface area contributed by atoms with Gasteiger partial charge in [-0.3, -0.25) is 9.78 Å². The summed E-state index contributed by atoms with van der Waals surface area (Å²) < 4.78 is 11.6. The lowest BCUT2D eigenvalue weighted by Crippen LogP contribution is -2.44. The Morgan fingerprint density at radius 2 is 1.63 bits per heavy atom. The maximum atomic E-state index is 11.8. The van der Waals surface area contributed by atoms with E-state index in [1.165, 1.54) is 29.4 Å². The van der Waals surface area contributed by atoms with Crippen LogP contribution in [0.3, 0.4) is 0 Å². The van der Waals surface area contributed by atoms with Gasteiger partial charge in [-0.1, -0.05) is 56.0 Å². The highest BCUT2D eigenvalue weighted by atomic mass is 32.2. The van der Waals surface area contributed by atoms with E-state index in [-0.39, 0.29) is 23.4 Å². The number of carbonyl (C=O) groups is 1. The normalized spacial score (nSPS) is 15.0. The SMILES string of the molecule is CCC(CC)(c1ccc(C#CC2(O[Si](C)(C)C)CCSCC2)c(C)c1)c1ccc(-c2cncc(CC(=O)OC)c2)c(C)c1. The molecular formula is C37H47NO3SSi. The number of esters is 1. The van der Waals surface area contributed by atoms with Crippen LogP contribution in [0.1, 0.15) is 72.9 Å². The van der Waals surface area contributed by atoms with E-state index in [0.29, 0.717) is 0 Å². The van der Waals surface area contributed by atoms with Crippen molar-refractivity contribution in [2.75, 3.05) is 18.6 Å². The van der Waals surface area contributed by atoms with E-state index in [0.717, 1.165) is 59.4 Å². The molecule has 1 fully saturated rings. The van der Waals surface area contributed by atoms with Crippen LogP contribution in [0.25, 0.3) is 11.1 Å². The van der Waals surface area contributed by atoms with Gasteiger partial charge in [-0.2, -0.15) is 11.8 Å². The third-order valence-corrected chi connectivity index (χ3v) is 10.7. The predicted octanol–water partition coefficient (Wildman–Crippen LogP) is 8.66. The van der Waals surface area contributed by atoms with Crippen molar-refractivity contribution in [1.82, 2.24) is 4.98 Å². The Labute approximate surface area is 264 Å². The largest absolute Gasteiger partial charge is 0.469 e. The fourth-order valence-corrected chi connectivity index (χ4v) is 8.89. The lowest BCUT2D eigenvalue weighted by molar-refractivity contribution is -0.139. The average Bonchev–Trinajstić information content (AvgIpc) is 2.97. The number of aromatic nitrogens is 1. The zero-order valence-corrected chi connectivity index (χ0v) is 29.0. The quantitative estimate of drug-likeness (QED) is 0.137. The van der Waals surface area contributed by atoms with Gasteiger partial charge < -0.3 is 9.16 Å². The number of nitrogens with zero attached hydrogens (tertiary/aromatic N) is 1. The molecule has 1 aromatic heterocycles. The van der Waals surface area contributed by atoms with Crippen molar-refractivity contribution in [3.63, 3.8) is 0 Å². The van der Waals surface area contributed by atoms with Crippen molar-refractivity contribution in [3.05, 3.63) is 88.2 Å². The molecule has 0 spiro atoms. The minimum absolute atomic E-state index is 0.103. The zero-order valence-electron chi connectivity index (χ0n) is 27.2. The van der Waals surface area contributed by atoms with Crippen LogP contribution in [0.2, 0.25) is 19.6 Å². The summed E-state index contributed by atoms with van der Waals surface area (Å²) in [6, 6.07) is 15.7. The summed E-state index contributed by atoms with van der Waals surface area (Å²) in [7, 11) is -0.314. The second-order valence-electron chi connectivity index (χ2n) is 12.8. The molecular weight excluding hydrogens is 567 g/mol. The monoisotopic (exact) mass is 613 g/mol. The van der Waals surface area contributed by atoms with Crippen LogP contribution < -0.4 is 0 Å². The van der Waals surface area contributed by atoms with Crippen molar-refractivity contribution in [2.45, 2.75) is 90.5 Å². The lowest BCUT2D eigenvalue weighted by Gasteiger charge is -2.37. The molecule has 228 valence electrons. The van der Waals surface area contributed by atoms with Crippen LogP contribution in [0.15, 0.2) is 54.9 Å². The fraction of sp³-hybridized carbons (Fsp3) is 0.459. The van der Waals surface area contributed by atoms with Crippen LogP contribution in [0.4, 0.5) is 0 Å². The van der Waals surface area contributed by atoms with Gasteiger partial charge in [0.15, 0.2) is 8.32 Å². The smallest absolute Gasteiger partial charge is 0.310 e. The molecule has 43 heavy (non-hydrogen) atoms. The molecule has 1 aliphatic heterocycles. The molecule has 0 aliphatic carbocycles. The van der Waals surface area contributed by atoms with E-state index in [4.69, 9.17) is 9.16 Å². The minimum atomic E-state index is -1.73. The van der Waals surface area contributed by atoms with Gasteiger partial charge in [0, 0.05) is 28.9 Å². The molecule has 4 nitrogen and oxygen atoms in total. The second-order valence-corrected chi connectivity index (χ2v) is 18.4. The van der Waals surface area contributed by atoms with E-state index in [1.54, 1.807) is 6.20 Å². The number of methoxy groups -OCH3 is 1. The summed E-state index contributed by atoms with van der Waals surface area (Å²) in [6.45, 7) is 15.7. The third kappa shape index (κ3) is 7.81. The summed E-state index contributed by atoms with van der Waals surface area (Å²) in [4.78, 5) is 16.2. The number of thioether (sulfide) groups is 1. The van der Waals surface area contributed by atoms with Crippen molar-refractivity contribution in [3.8, 4) is 23.0 Å². The molecule has 0 N–H and O–H groups in total. The molecule has 1 aliphatic rings. The van der Waals surface area contributed by atoms with Gasteiger partial charge >= 0.3 is 5.97 Å². The summed E-state index contributed by atoms with van der Waals surface area (Å²) in [6.07, 6.45) is 7.80. The van der Waals surface area contributed by atoms with Crippen LogP contribution in [0, 0.1) is 25.7 Å². The summed E-state index contributed by atoms with van der Waals surface area (Å²) in [5.41, 5.74) is 8.71. The Hall–Kier alpha value is -2.85. The highest BCUT2D eigenvalue weighted by molar-refractivity contribution is 7.99. The number of hydrogen-bond donors (Lipinski definition) is 0. The number of hydrogen-bond acceptors (Lipinski definition) is 5.